The summed E-state index contributed by atoms with van der Waals surface area (Å²) in [4.78, 5) is 12.0. The molecule has 3 nitrogen and oxygen atoms in total. The van der Waals surface area contributed by atoms with Gasteiger partial charge in [0.2, 0.25) is 0 Å². The molecule has 0 fully saturated rings. The standard InChI is InChI=1S/C13H14BrFN2O/c1-8(2)12-11(14)13(18)17(16-12)7-9-4-3-5-10(15)6-9/h3-6,8,16H,7H2,1-2H3. The van der Waals surface area contributed by atoms with Gasteiger partial charge in [-0.15, -0.1) is 0 Å². The molecule has 1 aromatic heterocycles. The number of benzene rings is 1. The molecule has 0 radical (unpaired) electrons. The number of aromatic nitrogens is 2. The number of aromatic amines is 1. The Kier molecular flexibility index (Phi) is 3.71. The van der Waals surface area contributed by atoms with Crippen molar-refractivity contribution < 1.29 is 4.39 Å². The molecule has 96 valence electrons. The summed E-state index contributed by atoms with van der Waals surface area (Å²) in [6.07, 6.45) is 0. The molecule has 0 aliphatic carbocycles. The second kappa shape index (κ2) is 5.10. The van der Waals surface area contributed by atoms with Gasteiger partial charge >= 0.3 is 0 Å². The largest absolute Gasteiger partial charge is 0.298 e. The normalized spacial score (nSPS) is 11.2. The lowest BCUT2D eigenvalue weighted by atomic mass is 10.1. The van der Waals surface area contributed by atoms with Crippen LogP contribution < -0.4 is 5.56 Å². The molecule has 1 aromatic carbocycles. The van der Waals surface area contributed by atoms with E-state index >= 15 is 0 Å². The third-order valence-electron chi connectivity index (χ3n) is 2.73. The van der Waals surface area contributed by atoms with Crippen molar-refractivity contribution in [1.82, 2.24) is 9.78 Å². The topological polar surface area (TPSA) is 37.8 Å². The molecule has 5 heteroatoms. The second-order valence-corrected chi connectivity index (χ2v) is 5.31. The number of nitrogens with zero attached hydrogens (tertiary/aromatic N) is 1. The summed E-state index contributed by atoms with van der Waals surface area (Å²) in [5, 5.41) is 3.05. The van der Waals surface area contributed by atoms with Gasteiger partial charge in [0.25, 0.3) is 5.56 Å². The first-order valence-corrected chi connectivity index (χ1v) is 6.51. The van der Waals surface area contributed by atoms with Crippen LogP contribution >= 0.6 is 15.9 Å². The number of nitrogens with one attached hydrogen (secondary N) is 1. The van der Waals surface area contributed by atoms with Crippen LogP contribution in [0.2, 0.25) is 0 Å². The molecule has 0 saturated heterocycles. The maximum Gasteiger partial charge on any atom is 0.281 e. The van der Waals surface area contributed by atoms with Gasteiger partial charge < -0.3 is 0 Å². The van der Waals surface area contributed by atoms with Gasteiger partial charge in [-0.2, -0.15) is 0 Å². The Morgan fingerprint density at radius 2 is 2.17 bits per heavy atom. The van der Waals surface area contributed by atoms with E-state index in [0.717, 1.165) is 11.3 Å². The van der Waals surface area contributed by atoms with Gasteiger partial charge in [-0.25, -0.2) is 9.07 Å². The number of rotatable bonds is 3. The highest BCUT2D eigenvalue weighted by Crippen LogP contribution is 2.19. The predicted molar refractivity (Wildman–Crippen MR) is 72.3 cm³/mol. The third-order valence-corrected chi connectivity index (χ3v) is 3.50. The number of H-pyrrole nitrogens is 1. The Morgan fingerprint density at radius 1 is 1.44 bits per heavy atom. The van der Waals surface area contributed by atoms with Crippen LogP contribution in [0.3, 0.4) is 0 Å². The van der Waals surface area contributed by atoms with Crippen LogP contribution in [0.4, 0.5) is 4.39 Å². The Morgan fingerprint density at radius 3 is 2.72 bits per heavy atom. The Bertz CT molecular complexity index is 616. The quantitative estimate of drug-likeness (QED) is 0.928. The maximum absolute atomic E-state index is 13.1. The molecule has 0 saturated carbocycles. The zero-order valence-electron chi connectivity index (χ0n) is 10.2. The first-order valence-electron chi connectivity index (χ1n) is 5.71. The van der Waals surface area contributed by atoms with Crippen molar-refractivity contribution in [1.29, 1.82) is 0 Å². The molecule has 1 heterocycles. The van der Waals surface area contributed by atoms with Crippen LogP contribution in [0.1, 0.15) is 31.0 Å². The molecule has 0 atom stereocenters. The summed E-state index contributed by atoms with van der Waals surface area (Å²) in [5.74, 6) is -0.0731. The number of hydrogen-bond acceptors (Lipinski definition) is 1. The highest BCUT2D eigenvalue weighted by atomic mass is 79.9. The van der Waals surface area contributed by atoms with Crippen LogP contribution in [-0.4, -0.2) is 9.78 Å². The van der Waals surface area contributed by atoms with Crippen LogP contribution in [0.15, 0.2) is 33.5 Å². The summed E-state index contributed by atoms with van der Waals surface area (Å²) in [7, 11) is 0. The minimum atomic E-state index is -0.296. The fourth-order valence-corrected chi connectivity index (χ4v) is 2.55. The molecule has 0 unspecified atom stereocenters. The van der Waals surface area contributed by atoms with Crippen LogP contribution in [-0.2, 0) is 6.54 Å². The van der Waals surface area contributed by atoms with Gasteiger partial charge in [0.1, 0.15) is 10.3 Å². The van der Waals surface area contributed by atoms with E-state index in [1.165, 1.54) is 16.8 Å². The zero-order valence-corrected chi connectivity index (χ0v) is 11.8. The Balaban J connectivity index is 2.36. The lowest BCUT2D eigenvalue weighted by Crippen LogP contribution is -2.17. The van der Waals surface area contributed by atoms with Gasteiger partial charge in [-0.1, -0.05) is 26.0 Å². The van der Waals surface area contributed by atoms with Gasteiger partial charge in [0.05, 0.1) is 12.2 Å². The van der Waals surface area contributed by atoms with Crippen molar-refractivity contribution in [2.24, 2.45) is 0 Å². The monoisotopic (exact) mass is 312 g/mol. The average Bonchev–Trinajstić information content (AvgIpc) is 2.58. The van der Waals surface area contributed by atoms with Gasteiger partial charge in [-0.3, -0.25) is 9.89 Å². The van der Waals surface area contributed by atoms with Gasteiger partial charge in [-0.05, 0) is 39.5 Å². The minimum Gasteiger partial charge on any atom is -0.298 e. The SMILES string of the molecule is CC(C)c1[nH]n(Cc2cccc(F)c2)c(=O)c1Br. The molecule has 2 aromatic rings. The molecule has 0 amide bonds. The minimum absolute atomic E-state index is 0.122. The molecule has 0 spiro atoms. The van der Waals surface area contributed by atoms with E-state index in [9.17, 15) is 9.18 Å². The van der Waals surface area contributed by atoms with Crippen molar-refractivity contribution in [3.8, 4) is 0 Å². The number of hydrogen-bond donors (Lipinski definition) is 1. The zero-order chi connectivity index (χ0) is 13.3. The van der Waals surface area contributed by atoms with Crippen LogP contribution in [0, 0.1) is 5.82 Å². The molecular weight excluding hydrogens is 299 g/mol. The van der Waals surface area contributed by atoms with Crippen molar-refractivity contribution >= 4 is 15.9 Å². The highest BCUT2D eigenvalue weighted by Gasteiger charge is 2.14. The van der Waals surface area contributed by atoms with E-state index in [1.807, 2.05) is 13.8 Å². The fraction of sp³-hybridized carbons (Fsp3) is 0.308. The van der Waals surface area contributed by atoms with Crippen molar-refractivity contribution in [3.63, 3.8) is 0 Å². The maximum atomic E-state index is 13.1. The van der Waals surface area contributed by atoms with E-state index in [1.54, 1.807) is 12.1 Å². The van der Waals surface area contributed by atoms with Gasteiger partial charge in [0, 0.05) is 0 Å². The molecule has 2 rings (SSSR count). The van der Waals surface area contributed by atoms with Crippen LogP contribution in [0.5, 0.6) is 0 Å². The lowest BCUT2D eigenvalue weighted by molar-refractivity contribution is 0.612. The lowest BCUT2D eigenvalue weighted by Gasteiger charge is -2.04. The fourth-order valence-electron chi connectivity index (χ4n) is 1.79. The molecule has 0 aliphatic heterocycles. The predicted octanol–water partition coefficient (Wildman–Crippen LogP) is 3.25. The molecular formula is C13H14BrFN2O. The third kappa shape index (κ3) is 2.56. The highest BCUT2D eigenvalue weighted by molar-refractivity contribution is 9.10. The average molecular weight is 313 g/mol. The molecule has 0 aliphatic rings. The Labute approximate surface area is 113 Å². The summed E-state index contributed by atoms with van der Waals surface area (Å²) >= 11 is 3.29. The molecule has 0 bridgehead atoms. The Hall–Kier alpha value is -1.36. The van der Waals surface area contributed by atoms with Crippen molar-refractivity contribution in [2.45, 2.75) is 26.3 Å². The van der Waals surface area contributed by atoms with Crippen molar-refractivity contribution in [3.05, 3.63) is 56.2 Å². The van der Waals surface area contributed by atoms with E-state index in [2.05, 4.69) is 21.0 Å². The smallest absolute Gasteiger partial charge is 0.281 e. The van der Waals surface area contributed by atoms with Gasteiger partial charge in [0.15, 0.2) is 0 Å². The van der Waals surface area contributed by atoms with E-state index in [0.29, 0.717) is 11.0 Å². The molecule has 18 heavy (non-hydrogen) atoms. The number of halogens is 2. The van der Waals surface area contributed by atoms with E-state index < -0.39 is 0 Å². The van der Waals surface area contributed by atoms with Crippen molar-refractivity contribution in [2.75, 3.05) is 0 Å². The van der Waals surface area contributed by atoms with E-state index in [4.69, 9.17) is 0 Å². The van der Waals surface area contributed by atoms with Crippen LogP contribution in [0.25, 0.3) is 0 Å². The summed E-state index contributed by atoms with van der Waals surface area (Å²) in [6, 6.07) is 6.24. The molecule has 1 N–H and O–H groups in total. The van der Waals surface area contributed by atoms with E-state index in [-0.39, 0.29) is 17.3 Å². The summed E-state index contributed by atoms with van der Waals surface area (Å²) in [5.41, 5.74) is 1.49. The summed E-state index contributed by atoms with van der Waals surface area (Å²) in [6.45, 7) is 4.34. The summed E-state index contributed by atoms with van der Waals surface area (Å²) < 4.78 is 15.1. The second-order valence-electron chi connectivity index (χ2n) is 4.52. The first kappa shape index (κ1) is 13.1. The first-order chi connectivity index (χ1) is 8.49.